The number of hydrogen-bond acceptors (Lipinski definition) is 3. The number of thioether (sulfide) groups is 1. The van der Waals surface area contributed by atoms with Crippen LogP contribution in [-0.4, -0.2) is 34.4 Å². The Morgan fingerprint density at radius 3 is 2.71 bits per heavy atom. The lowest BCUT2D eigenvalue weighted by Gasteiger charge is -2.30. The molecule has 0 aliphatic carbocycles. The average Bonchev–Trinajstić information content (AvgIpc) is 2.73. The van der Waals surface area contributed by atoms with E-state index in [4.69, 9.17) is 0 Å². The third-order valence-electron chi connectivity index (χ3n) is 4.23. The van der Waals surface area contributed by atoms with E-state index < -0.39 is 11.7 Å². The third kappa shape index (κ3) is 2.94. The molecule has 1 aromatic rings. The zero-order valence-corrected chi connectivity index (χ0v) is 13.8. The highest BCUT2D eigenvalue weighted by molar-refractivity contribution is 7.98. The lowest BCUT2D eigenvalue weighted by atomic mass is 9.99. The summed E-state index contributed by atoms with van der Waals surface area (Å²) in [6.07, 6.45) is 2.30. The fourth-order valence-electron chi connectivity index (χ4n) is 2.79. The molecule has 0 saturated carbocycles. The number of amides is 1. The average molecular weight is 310 g/mol. The molecular weight excluding hydrogens is 287 g/mol. The lowest BCUT2D eigenvalue weighted by Crippen LogP contribution is -2.44. The summed E-state index contributed by atoms with van der Waals surface area (Å²) in [7, 11) is 0. The van der Waals surface area contributed by atoms with Gasteiger partial charge in [-0.1, -0.05) is 25.1 Å². The lowest BCUT2D eigenvalue weighted by molar-refractivity contribution is -0.134. The van der Waals surface area contributed by atoms with Crippen LogP contribution in [0.2, 0.25) is 0 Å². The van der Waals surface area contributed by atoms with E-state index >= 15 is 0 Å². The first kappa shape index (κ1) is 16.3. The number of nitrogens with one attached hydrogen (secondary N) is 1. The van der Waals surface area contributed by atoms with Crippen molar-refractivity contribution in [1.29, 1.82) is 0 Å². The second-order valence-electron chi connectivity index (χ2n) is 5.77. The second kappa shape index (κ2) is 6.36. The summed E-state index contributed by atoms with van der Waals surface area (Å²) in [5.41, 5.74) is -0.0874. The number of benzene rings is 1. The van der Waals surface area contributed by atoms with Crippen LogP contribution in [0, 0.1) is 5.82 Å². The maximum atomic E-state index is 14.2. The van der Waals surface area contributed by atoms with Gasteiger partial charge in [-0.15, -0.1) is 0 Å². The first-order valence-corrected chi connectivity index (χ1v) is 8.67. The number of nitrogens with zero attached hydrogens (tertiary/aromatic N) is 1. The second-order valence-corrected chi connectivity index (χ2v) is 6.68. The van der Waals surface area contributed by atoms with E-state index in [-0.39, 0.29) is 17.8 Å². The van der Waals surface area contributed by atoms with Crippen molar-refractivity contribution in [2.24, 2.45) is 0 Å². The van der Waals surface area contributed by atoms with Crippen molar-refractivity contribution in [3.05, 3.63) is 35.6 Å². The van der Waals surface area contributed by atoms with Gasteiger partial charge in [0.05, 0.1) is 5.54 Å². The Bertz CT molecular complexity index is 525. The van der Waals surface area contributed by atoms with Gasteiger partial charge in [-0.25, -0.2) is 4.39 Å². The van der Waals surface area contributed by atoms with E-state index in [2.05, 4.69) is 5.32 Å². The summed E-state index contributed by atoms with van der Waals surface area (Å²) >= 11 is 1.69. The van der Waals surface area contributed by atoms with Crippen LogP contribution in [0.5, 0.6) is 0 Å². The number of hydrogen-bond donors (Lipinski definition) is 1. The van der Waals surface area contributed by atoms with Crippen LogP contribution in [0.1, 0.15) is 38.9 Å². The molecule has 1 aliphatic rings. The summed E-state index contributed by atoms with van der Waals surface area (Å²) < 4.78 is 14.2. The molecule has 5 heteroatoms. The summed E-state index contributed by atoms with van der Waals surface area (Å²) in [6, 6.07) is 6.73. The maximum Gasteiger partial charge on any atom is 0.244 e. The summed E-state index contributed by atoms with van der Waals surface area (Å²) in [5.74, 6) is 0.613. The molecule has 0 aromatic heterocycles. The van der Waals surface area contributed by atoms with Crippen LogP contribution in [-0.2, 0) is 4.79 Å². The fourth-order valence-corrected chi connectivity index (χ4v) is 3.43. The van der Waals surface area contributed by atoms with E-state index in [1.54, 1.807) is 28.8 Å². The first-order valence-electron chi connectivity index (χ1n) is 7.28. The summed E-state index contributed by atoms with van der Waals surface area (Å²) in [5, 5.41) is 3.34. The molecule has 1 fully saturated rings. The van der Waals surface area contributed by atoms with Crippen LogP contribution >= 0.6 is 11.8 Å². The molecule has 1 aromatic carbocycles. The highest BCUT2D eigenvalue weighted by Crippen LogP contribution is 2.35. The van der Waals surface area contributed by atoms with Gasteiger partial charge in [-0.05, 0) is 32.6 Å². The van der Waals surface area contributed by atoms with Crippen molar-refractivity contribution in [3.63, 3.8) is 0 Å². The summed E-state index contributed by atoms with van der Waals surface area (Å²) in [6.45, 7) is 5.90. The minimum atomic E-state index is -0.625. The van der Waals surface area contributed by atoms with E-state index in [1.165, 1.54) is 6.07 Å². The van der Waals surface area contributed by atoms with Crippen molar-refractivity contribution in [2.75, 3.05) is 12.0 Å². The van der Waals surface area contributed by atoms with Crippen molar-refractivity contribution in [1.82, 2.24) is 10.2 Å². The van der Waals surface area contributed by atoms with E-state index in [0.717, 1.165) is 5.75 Å². The van der Waals surface area contributed by atoms with Gasteiger partial charge < -0.3 is 4.90 Å². The quantitative estimate of drug-likeness (QED) is 0.906. The van der Waals surface area contributed by atoms with Gasteiger partial charge in [0.25, 0.3) is 0 Å². The number of halogens is 1. The molecule has 116 valence electrons. The van der Waals surface area contributed by atoms with Crippen molar-refractivity contribution in [2.45, 2.75) is 44.9 Å². The number of rotatable bonds is 5. The van der Waals surface area contributed by atoms with Gasteiger partial charge in [-0.3, -0.25) is 10.1 Å². The van der Waals surface area contributed by atoms with E-state index in [0.29, 0.717) is 12.0 Å². The zero-order chi connectivity index (χ0) is 15.6. The largest absolute Gasteiger partial charge is 0.318 e. The molecule has 0 radical (unpaired) electrons. The Morgan fingerprint density at radius 1 is 1.48 bits per heavy atom. The predicted octanol–water partition coefficient (Wildman–Crippen LogP) is 3.18. The molecule has 1 heterocycles. The SMILES string of the molecule is CCC1(C)NC(c2ccccc2F)N(C(C)CSC)C1=O. The smallest absolute Gasteiger partial charge is 0.244 e. The minimum Gasteiger partial charge on any atom is -0.318 e. The Hall–Kier alpha value is -1.07. The van der Waals surface area contributed by atoms with Gasteiger partial charge >= 0.3 is 0 Å². The van der Waals surface area contributed by atoms with Crippen molar-refractivity contribution in [3.8, 4) is 0 Å². The molecule has 3 atom stereocenters. The van der Waals surface area contributed by atoms with E-state index in [1.807, 2.05) is 33.1 Å². The minimum absolute atomic E-state index is 0.0537. The van der Waals surface area contributed by atoms with Gasteiger partial charge in [0.2, 0.25) is 5.91 Å². The molecule has 0 bridgehead atoms. The Kier molecular flexibility index (Phi) is 4.94. The zero-order valence-electron chi connectivity index (χ0n) is 13.0. The predicted molar refractivity (Wildman–Crippen MR) is 85.7 cm³/mol. The third-order valence-corrected chi connectivity index (χ3v) is 5.05. The van der Waals surface area contributed by atoms with E-state index in [9.17, 15) is 9.18 Å². The maximum absolute atomic E-state index is 14.2. The molecule has 1 saturated heterocycles. The molecule has 3 nitrogen and oxygen atoms in total. The van der Waals surface area contributed by atoms with Crippen LogP contribution in [0.3, 0.4) is 0 Å². The standard InChI is InChI=1S/C16H23FN2OS/c1-5-16(3)15(20)19(11(2)10-21-4)14(18-16)12-8-6-7-9-13(12)17/h6-9,11,14,18H,5,10H2,1-4H3. The van der Waals surface area contributed by atoms with Gasteiger partial charge in [0.15, 0.2) is 0 Å². The molecule has 3 unspecified atom stereocenters. The monoisotopic (exact) mass is 310 g/mol. The van der Waals surface area contributed by atoms with Gasteiger partial charge in [0, 0.05) is 17.4 Å². The van der Waals surface area contributed by atoms with Crippen molar-refractivity contribution < 1.29 is 9.18 Å². The van der Waals surface area contributed by atoms with Gasteiger partial charge in [0.1, 0.15) is 12.0 Å². The molecular formula is C16H23FN2OS. The first-order chi connectivity index (χ1) is 9.94. The normalized spacial score (nSPS) is 27.2. The highest BCUT2D eigenvalue weighted by atomic mass is 32.2. The fraction of sp³-hybridized carbons (Fsp3) is 0.562. The molecule has 1 aliphatic heterocycles. The van der Waals surface area contributed by atoms with Crippen LogP contribution in [0.25, 0.3) is 0 Å². The number of carbonyl (C=O) groups excluding carboxylic acids is 1. The number of carbonyl (C=O) groups is 1. The molecule has 0 spiro atoms. The van der Waals surface area contributed by atoms with Crippen LogP contribution < -0.4 is 5.32 Å². The molecule has 1 amide bonds. The van der Waals surface area contributed by atoms with Gasteiger partial charge in [-0.2, -0.15) is 11.8 Å². The molecule has 21 heavy (non-hydrogen) atoms. The highest BCUT2D eigenvalue weighted by Gasteiger charge is 2.49. The Balaban J connectivity index is 2.42. The Morgan fingerprint density at radius 2 is 2.14 bits per heavy atom. The van der Waals surface area contributed by atoms with Crippen LogP contribution in [0.15, 0.2) is 24.3 Å². The molecule has 1 N–H and O–H groups in total. The van der Waals surface area contributed by atoms with Crippen LogP contribution in [0.4, 0.5) is 4.39 Å². The topological polar surface area (TPSA) is 32.3 Å². The Labute approximate surface area is 130 Å². The van der Waals surface area contributed by atoms with Crippen molar-refractivity contribution >= 4 is 17.7 Å². The summed E-state index contributed by atoms with van der Waals surface area (Å²) in [4.78, 5) is 14.6. The molecule has 2 rings (SSSR count).